The summed E-state index contributed by atoms with van der Waals surface area (Å²) in [6.07, 6.45) is 16.3. The van der Waals surface area contributed by atoms with Crippen molar-refractivity contribution in [2.75, 3.05) is 0 Å². The number of benzene rings is 2. The predicted octanol–water partition coefficient (Wildman–Crippen LogP) is 9.52. The zero-order valence-electron chi connectivity index (χ0n) is 20.3. The Morgan fingerprint density at radius 1 is 0.781 bits per heavy atom. The third-order valence-electron chi connectivity index (χ3n) is 7.02. The fourth-order valence-electron chi connectivity index (χ4n) is 4.86. The maximum absolute atomic E-state index is 6.53. The summed E-state index contributed by atoms with van der Waals surface area (Å²) in [5, 5.41) is 0.884. The van der Waals surface area contributed by atoms with Gasteiger partial charge in [0, 0.05) is 16.5 Å². The number of rotatable bonds is 10. The highest BCUT2D eigenvalue weighted by Gasteiger charge is 2.21. The minimum Gasteiger partial charge on any atom is -0.0945 e. The van der Waals surface area contributed by atoms with Crippen LogP contribution in [-0.4, -0.2) is 0 Å². The van der Waals surface area contributed by atoms with Crippen molar-refractivity contribution in [3.8, 4) is 11.8 Å². The van der Waals surface area contributed by atoms with Crippen LogP contribution in [0.3, 0.4) is 0 Å². The van der Waals surface area contributed by atoms with Crippen LogP contribution in [0.5, 0.6) is 0 Å². The molecule has 0 heterocycles. The number of halogens is 1. The second kappa shape index (κ2) is 13.7. The van der Waals surface area contributed by atoms with E-state index in [-0.39, 0.29) is 0 Å². The van der Waals surface area contributed by atoms with Crippen LogP contribution in [-0.2, 0) is 12.8 Å². The lowest BCUT2D eigenvalue weighted by Gasteiger charge is -2.26. The minimum atomic E-state index is 0.520. The van der Waals surface area contributed by atoms with E-state index in [2.05, 4.69) is 68.2 Å². The molecule has 1 aliphatic rings. The summed E-state index contributed by atoms with van der Waals surface area (Å²) in [7, 11) is 0. The molecule has 0 unspecified atom stereocenters. The lowest BCUT2D eigenvalue weighted by Crippen LogP contribution is -2.12. The topological polar surface area (TPSA) is 0 Å². The molecule has 0 N–H and O–H groups in total. The van der Waals surface area contributed by atoms with Crippen molar-refractivity contribution >= 4 is 11.6 Å². The molecule has 0 amide bonds. The molecule has 1 fully saturated rings. The monoisotopic (exact) mass is 448 g/mol. The first-order valence-electron chi connectivity index (χ1n) is 13.1. The van der Waals surface area contributed by atoms with E-state index >= 15 is 0 Å². The highest BCUT2D eigenvalue weighted by atomic mass is 35.5. The molecule has 2 aromatic rings. The van der Waals surface area contributed by atoms with Crippen LogP contribution in [0.1, 0.15) is 113 Å². The van der Waals surface area contributed by atoms with Crippen LogP contribution in [0.2, 0.25) is 5.02 Å². The number of aryl methyl sites for hydroxylation is 2. The fourth-order valence-corrected chi connectivity index (χ4v) is 5.14. The molecule has 0 radical (unpaired) electrons. The summed E-state index contributed by atoms with van der Waals surface area (Å²) < 4.78 is 0. The van der Waals surface area contributed by atoms with Gasteiger partial charge in [-0.05, 0) is 86.1 Å². The van der Waals surface area contributed by atoms with Crippen molar-refractivity contribution in [2.24, 2.45) is 5.92 Å². The predicted molar refractivity (Wildman–Crippen MR) is 141 cm³/mol. The van der Waals surface area contributed by atoms with E-state index in [9.17, 15) is 0 Å². The molecule has 0 aromatic heterocycles. The standard InChI is InChI=1S/C31H41Cl/c1-3-5-7-9-11-30-23-18-27(24-31(30)32)13-12-26-16-21-29(22-17-26)28-19-14-25(15-20-28)10-8-6-4-2/h14-15,18-20,23-24,26,29H,3-11,16-17,21-22H2,1-2H3/t26-,29-. The molecule has 3 rings (SSSR count). The smallest absolute Gasteiger partial charge is 0.0450 e. The van der Waals surface area contributed by atoms with E-state index in [1.54, 1.807) is 0 Å². The average molecular weight is 449 g/mol. The van der Waals surface area contributed by atoms with Crippen LogP contribution in [0.15, 0.2) is 42.5 Å². The summed E-state index contributed by atoms with van der Waals surface area (Å²) >= 11 is 6.53. The van der Waals surface area contributed by atoms with Gasteiger partial charge in [-0.2, -0.15) is 0 Å². The van der Waals surface area contributed by atoms with Crippen molar-refractivity contribution < 1.29 is 0 Å². The zero-order valence-corrected chi connectivity index (χ0v) is 21.0. The number of unbranched alkanes of at least 4 members (excludes halogenated alkanes) is 5. The summed E-state index contributed by atoms with van der Waals surface area (Å²) in [6, 6.07) is 15.9. The molecule has 0 nitrogen and oxygen atoms in total. The van der Waals surface area contributed by atoms with Crippen molar-refractivity contribution in [3.63, 3.8) is 0 Å². The summed E-state index contributed by atoms with van der Waals surface area (Å²) in [6.45, 7) is 4.52. The van der Waals surface area contributed by atoms with E-state index < -0.39 is 0 Å². The zero-order chi connectivity index (χ0) is 22.6. The third-order valence-corrected chi connectivity index (χ3v) is 7.37. The van der Waals surface area contributed by atoms with Crippen LogP contribution in [0.25, 0.3) is 0 Å². The first-order chi connectivity index (χ1) is 15.7. The minimum absolute atomic E-state index is 0.520. The van der Waals surface area contributed by atoms with Crippen LogP contribution in [0, 0.1) is 17.8 Å². The van der Waals surface area contributed by atoms with Crippen LogP contribution in [0.4, 0.5) is 0 Å². The van der Waals surface area contributed by atoms with Gasteiger partial charge in [0.15, 0.2) is 0 Å². The van der Waals surface area contributed by atoms with Crippen molar-refractivity contribution in [3.05, 3.63) is 69.7 Å². The fraction of sp³-hybridized carbons (Fsp3) is 0.548. The molecule has 2 aromatic carbocycles. The Morgan fingerprint density at radius 2 is 1.47 bits per heavy atom. The van der Waals surface area contributed by atoms with Crippen molar-refractivity contribution in [1.29, 1.82) is 0 Å². The Kier molecular flexibility index (Phi) is 10.7. The normalized spacial score (nSPS) is 18.2. The molecule has 1 heteroatoms. The molecule has 0 aliphatic heterocycles. The van der Waals surface area contributed by atoms with Gasteiger partial charge < -0.3 is 0 Å². The summed E-state index contributed by atoms with van der Waals surface area (Å²) in [4.78, 5) is 0. The molecule has 0 atom stereocenters. The van der Waals surface area contributed by atoms with Gasteiger partial charge in [-0.1, -0.05) is 99.7 Å². The second-order valence-corrected chi connectivity index (χ2v) is 10.0. The Bertz CT molecular complexity index is 860. The van der Waals surface area contributed by atoms with E-state index in [0.29, 0.717) is 11.8 Å². The molecule has 1 aliphatic carbocycles. The van der Waals surface area contributed by atoms with Crippen LogP contribution >= 0.6 is 11.6 Å². The van der Waals surface area contributed by atoms with Gasteiger partial charge >= 0.3 is 0 Å². The van der Waals surface area contributed by atoms with Crippen LogP contribution < -0.4 is 0 Å². The molecular weight excluding hydrogens is 408 g/mol. The Balaban J connectivity index is 1.46. The molecule has 172 valence electrons. The number of hydrogen-bond acceptors (Lipinski definition) is 0. The molecule has 32 heavy (non-hydrogen) atoms. The Labute approximate surface area is 202 Å². The largest absolute Gasteiger partial charge is 0.0945 e. The lowest BCUT2D eigenvalue weighted by atomic mass is 9.78. The molecule has 0 spiro atoms. The number of hydrogen-bond donors (Lipinski definition) is 0. The average Bonchev–Trinajstić information content (AvgIpc) is 2.82. The van der Waals surface area contributed by atoms with Gasteiger partial charge in [-0.15, -0.1) is 0 Å². The highest BCUT2D eigenvalue weighted by Crippen LogP contribution is 2.35. The highest BCUT2D eigenvalue weighted by molar-refractivity contribution is 6.31. The lowest BCUT2D eigenvalue weighted by molar-refractivity contribution is 0.384. The van der Waals surface area contributed by atoms with E-state index in [1.165, 1.54) is 93.7 Å². The van der Waals surface area contributed by atoms with Gasteiger partial charge in [0.2, 0.25) is 0 Å². The second-order valence-electron chi connectivity index (χ2n) is 9.63. The van der Waals surface area contributed by atoms with E-state index in [0.717, 1.165) is 17.0 Å². The van der Waals surface area contributed by atoms with Gasteiger partial charge in [0.05, 0.1) is 0 Å². The molecular formula is C31H41Cl. The first kappa shape index (κ1) is 24.9. The summed E-state index contributed by atoms with van der Waals surface area (Å²) in [5.41, 5.74) is 5.35. The van der Waals surface area contributed by atoms with E-state index in [1.807, 2.05) is 0 Å². The maximum Gasteiger partial charge on any atom is 0.0450 e. The first-order valence-corrected chi connectivity index (χ1v) is 13.5. The van der Waals surface area contributed by atoms with Gasteiger partial charge in [-0.25, -0.2) is 0 Å². The van der Waals surface area contributed by atoms with Gasteiger partial charge in [-0.3, -0.25) is 0 Å². The third kappa shape index (κ3) is 8.01. The van der Waals surface area contributed by atoms with Gasteiger partial charge in [0.25, 0.3) is 0 Å². The Morgan fingerprint density at radius 3 is 2.16 bits per heavy atom. The molecule has 1 saturated carbocycles. The van der Waals surface area contributed by atoms with Crippen molar-refractivity contribution in [1.82, 2.24) is 0 Å². The maximum atomic E-state index is 6.53. The molecule has 0 saturated heterocycles. The SMILES string of the molecule is CCCCCCc1ccc(C#C[C@H]2CC[C@H](c3ccc(CCCCC)cc3)CC2)cc1Cl. The van der Waals surface area contributed by atoms with Gasteiger partial charge in [0.1, 0.15) is 0 Å². The molecule has 0 bridgehead atoms. The van der Waals surface area contributed by atoms with E-state index in [4.69, 9.17) is 11.6 Å². The Hall–Kier alpha value is -1.71. The summed E-state index contributed by atoms with van der Waals surface area (Å²) in [5.74, 6) is 8.18. The van der Waals surface area contributed by atoms with Crippen molar-refractivity contribution in [2.45, 2.75) is 103 Å². The quantitative estimate of drug-likeness (QED) is 0.250.